The van der Waals surface area contributed by atoms with Crippen molar-refractivity contribution in [3.63, 3.8) is 0 Å². The van der Waals surface area contributed by atoms with Crippen LogP contribution in [0, 0.1) is 5.41 Å². The van der Waals surface area contributed by atoms with Crippen molar-refractivity contribution < 1.29 is 14.3 Å². The third-order valence-corrected chi connectivity index (χ3v) is 3.34. The second-order valence-corrected chi connectivity index (χ2v) is 5.73. The molecule has 0 aromatic heterocycles. The number of carbonyl (C=O) groups is 1. The number of hydrogen-bond donors (Lipinski definition) is 1. The van der Waals surface area contributed by atoms with E-state index in [-0.39, 0.29) is 11.3 Å². The van der Waals surface area contributed by atoms with E-state index in [1.54, 1.807) is 25.3 Å². The number of alkyl halides is 1. The molecule has 0 aliphatic rings. The van der Waals surface area contributed by atoms with Gasteiger partial charge in [0.2, 0.25) is 0 Å². The van der Waals surface area contributed by atoms with E-state index >= 15 is 0 Å². The molecule has 0 radical (unpaired) electrons. The van der Waals surface area contributed by atoms with Crippen LogP contribution < -0.4 is 14.8 Å². The normalized spacial score (nSPS) is 11.1. The van der Waals surface area contributed by atoms with E-state index in [2.05, 4.69) is 19.2 Å². The highest BCUT2D eigenvalue weighted by Crippen LogP contribution is 2.25. The van der Waals surface area contributed by atoms with Gasteiger partial charge in [-0.2, -0.15) is 0 Å². The fourth-order valence-electron chi connectivity index (χ4n) is 1.75. The lowest BCUT2D eigenvalue weighted by atomic mass is 9.90. The molecule has 20 heavy (non-hydrogen) atoms. The maximum absolute atomic E-state index is 12.2. The number of benzene rings is 1. The molecule has 0 heterocycles. The van der Waals surface area contributed by atoms with Crippen LogP contribution in [0.1, 0.15) is 30.6 Å². The fourth-order valence-corrected chi connectivity index (χ4v) is 2.26. The molecule has 0 unspecified atom stereocenters. The Kier molecular flexibility index (Phi) is 6.14. The number of amides is 1. The number of hydrogen-bond acceptors (Lipinski definition) is 3. The molecule has 1 aromatic rings. The lowest BCUT2D eigenvalue weighted by molar-refractivity contribution is 0.0932. The van der Waals surface area contributed by atoms with Crippen LogP contribution in [0.3, 0.4) is 0 Å². The molecule has 0 bridgehead atoms. The van der Waals surface area contributed by atoms with E-state index < -0.39 is 0 Å². The number of halogens is 1. The van der Waals surface area contributed by atoms with Crippen LogP contribution in [0.5, 0.6) is 11.5 Å². The van der Waals surface area contributed by atoms with Crippen LogP contribution in [0.4, 0.5) is 0 Å². The Labute approximate surface area is 125 Å². The van der Waals surface area contributed by atoms with Crippen molar-refractivity contribution in [3.8, 4) is 11.5 Å². The first-order chi connectivity index (χ1) is 9.43. The van der Waals surface area contributed by atoms with Gasteiger partial charge in [0.1, 0.15) is 11.5 Å². The van der Waals surface area contributed by atoms with Gasteiger partial charge in [-0.25, -0.2) is 0 Å². The zero-order valence-electron chi connectivity index (χ0n) is 12.5. The van der Waals surface area contributed by atoms with Gasteiger partial charge < -0.3 is 14.8 Å². The van der Waals surface area contributed by atoms with Gasteiger partial charge in [0.25, 0.3) is 5.91 Å². The van der Waals surface area contributed by atoms with E-state index in [4.69, 9.17) is 21.1 Å². The molecule has 112 valence electrons. The van der Waals surface area contributed by atoms with Crippen molar-refractivity contribution in [1.82, 2.24) is 5.32 Å². The minimum absolute atomic E-state index is 0.0306. The highest BCUT2D eigenvalue weighted by atomic mass is 35.5. The molecule has 0 fully saturated rings. The second-order valence-electron chi connectivity index (χ2n) is 5.35. The molecule has 1 rings (SSSR count). The zero-order valence-corrected chi connectivity index (χ0v) is 13.2. The predicted molar refractivity (Wildman–Crippen MR) is 81.0 cm³/mol. The summed E-state index contributed by atoms with van der Waals surface area (Å²) in [5, 5.41) is 2.92. The molecule has 0 spiro atoms. The Bertz CT molecular complexity index is 460. The summed E-state index contributed by atoms with van der Waals surface area (Å²) in [5.74, 6) is 1.57. The standard InChI is InChI=1S/C15H22ClNO3/c1-15(2,7-8-16)10-17-14(18)12-6-5-11(19-3)9-13(12)20-4/h5-6,9H,7-8,10H2,1-4H3,(H,17,18). The van der Waals surface area contributed by atoms with E-state index in [1.807, 2.05) is 0 Å². The van der Waals surface area contributed by atoms with Gasteiger partial charge in [-0.3, -0.25) is 4.79 Å². The van der Waals surface area contributed by atoms with Gasteiger partial charge in [-0.15, -0.1) is 11.6 Å². The van der Waals surface area contributed by atoms with Gasteiger partial charge in [-0.1, -0.05) is 13.8 Å². The molecule has 4 nitrogen and oxygen atoms in total. The monoisotopic (exact) mass is 299 g/mol. The summed E-state index contributed by atoms with van der Waals surface area (Å²) in [6.45, 7) is 4.70. The van der Waals surface area contributed by atoms with Gasteiger partial charge in [0, 0.05) is 18.5 Å². The molecule has 1 N–H and O–H groups in total. The fraction of sp³-hybridized carbons (Fsp3) is 0.533. The van der Waals surface area contributed by atoms with Crippen LogP contribution >= 0.6 is 11.6 Å². The number of rotatable bonds is 7. The van der Waals surface area contributed by atoms with Crippen molar-refractivity contribution in [3.05, 3.63) is 23.8 Å². The molecule has 0 aliphatic heterocycles. The molecule has 0 saturated heterocycles. The van der Waals surface area contributed by atoms with Crippen molar-refractivity contribution >= 4 is 17.5 Å². The highest BCUT2D eigenvalue weighted by molar-refractivity contribution is 6.17. The van der Waals surface area contributed by atoms with E-state index in [0.717, 1.165) is 6.42 Å². The first-order valence-corrected chi connectivity index (χ1v) is 7.03. The summed E-state index contributed by atoms with van der Waals surface area (Å²) in [7, 11) is 3.10. The van der Waals surface area contributed by atoms with Crippen molar-refractivity contribution in [2.24, 2.45) is 5.41 Å². The van der Waals surface area contributed by atoms with Crippen LogP contribution in [-0.4, -0.2) is 32.6 Å². The SMILES string of the molecule is COc1ccc(C(=O)NCC(C)(C)CCCl)c(OC)c1. The van der Waals surface area contributed by atoms with Crippen LogP contribution in [0.25, 0.3) is 0 Å². The van der Waals surface area contributed by atoms with Gasteiger partial charge in [0.05, 0.1) is 19.8 Å². The lowest BCUT2D eigenvalue weighted by Crippen LogP contribution is -2.34. The van der Waals surface area contributed by atoms with E-state index in [1.165, 1.54) is 7.11 Å². The summed E-state index contributed by atoms with van der Waals surface area (Å²) in [6, 6.07) is 5.13. The topological polar surface area (TPSA) is 47.6 Å². The van der Waals surface area contributed by atoms with Crippen LogP contribution in [0.15, 0.2) is 18.2 Å². The first-order valence-electron chi connectivity index (χ1n) is 6.49. The van der Waals surface area contributed by atoms with Crippen molar-refractivity contribution in [2.75, 3.05) is 26.6 Å². The minimum atomic E-state index is -0.160. The molecule has 0 aliphatic carbocycles. The summed E-state index contributed by atoms with van der Waals surface area (Å²) in [5.41, 5.74) is 0.465. The summed E-state index contributed by atoms with van der Waals surface area (Å²) in [4.78, 5) is 12.2. The summed E-state index contributed by atoms with van der Waals surface area (Å²) in [6.07, 6.45) is 0.842. The Hall–Kier alpha value is -1.42. The van der Waals surface area contributed by atoms with E-state index in [0.29, 0.717) is 29.5 Å². The summed E-state index contributed by atoms with van der Waals surface area (Å²) >= 11 is 5.75. The van der Waals surface area contributed by atoms with Crippen molar-refractivity contribution in [2.45, 2.75) is 20.3 Å². The quantitative estimate of drug-likeness (QED) is 0.787. The molecule has 1 aromatic carbocycles. The maximum Gasteiger partial charge on any atom is 0.255 e. The number of methoxy groups -OCH3 is 2. The second kappa shape index (κ2) is 7.39. The average Bonchev–Trinajstić information content (AvgIpc) is 2.44. The zero-order chi connectivity index (χ0) is 15.2. The molecule has 0 saturated carbocycles. The first kappa shape index (κ1) is 16.6. The largest absolute Gasteiger partial charge is 0.497 e. The lowest BCUT2D eigenvalue weighted by Gasteiger charge is -2.24. The van der Waals surface area contributed by atoms with Crippen molar-refractivity contribution in [1.29, 1.82) is 0 Å². The molecular formula is C15H22ClNO3. The number of ether oxygens (including phenoxy) is 2. The third kappa shape index (κ3) is 4.60. The number of nitrogens with one attached hydrogen (secondary N) is 1. The summed E-state index contributed by atoms with van der Waals surface area (Å²) < 4.78 is 10.3. The molecule has 0 atom stereocenters. The average molecular weight is 300 g/mol. The van der Waals surface area contributed by atoms with E-state index in [9.17, 15) is 4.79 Å². The molecular weight excluding hydrogens is 278 g/mol. The predicted octanol–water partition coefficient (Wildman–Crippen LogP) is 3.09. The third-order valence-electron chi connectivity index (χ3n) is 3.15. The number of carbonyl (C=O) groups excluding carboxylic acids is 1. The maximum atomic E-state index is 12.2. The Balaban J connectivity index is 2.77. The van der Waals surface area contributed by atoms with Gasteiger partial charge in [-0.05, 0) is 24.0 Å². The molecule has 5 heteroatoms. The Morgan fingerprint density at radius 1 is 1.30 bits per heavy atom. The van der Waals surface area contributed by atoms with Gasteiger partial charge in [0.15, 0.2) is 0 Å². The Morgan fingerprint density at radius 2 is 2.00 bits per heavy atom. The molecule has 1 amide bonds. The highest BCUT2D eigenvalue weighted by Gasteiger charge is 2.20. The smallest absolute Gasteiger partial charge is 0.255 e. The van der Waals surface area contributed by atoms with Crippen LogP contribution in [-0.2, 0) is 0 Å². The van der Waals surface area contributed by atoms with Gasteiger partial charge >= 0.3 is 0 Å². The minimum Gasteiger partial charge on any atom is -0.497 e. The van der Waals surface area contributed by atoms with Crippen LogP contribution in [0.2, 0.25) is 0 Å². The Morgan fingerprint density at radius 3 is 2.55 bits per heavy atom.